The fourth-order valence-electron chi connectivity index (χ4n) is 2.29. The highest BCUT2D eigenvalue weighted by molar-refractivity contribution is 5.09. The van der Waals surface area contributed by atoms with Gasteiger partial charge in [0.1, 0.15) is 12.2 Å². The summed E-state index contributed by atoms with van der Waals surface area (Å²) in [5, 5.41) is 36.4. The molecule has 6 atom stereocenters. The molecule has 2 fully saturated rings. The molecule has 0 N–H and O–H groups in total. The Bertz CT molecular complexity index is 493. The van der Waals surface area contributed by atoms with Crippen LogP contribution >= 0.6 is 0 Å². The highest BCUT2D eigenvalue weighted by Gasteiger charge is 2.66. The van der Waals surface area contributed by atoms with E-state index in [-0.39, 0.29) is 0 Å². The van der Waals surface area contributed by atoms with E-state index in [0.717, 1.165) is 0 Å². The first-order valence-corrected chi connectivity index (χ1v) is 5.61. The third-order valence-corrected chi connectivity index (χ3v) is 3.01. The predicted octanol–water partition coefficient (Wildman–Crippen LogP) is -1.92. The summed E-state index contributed by atoms with van der Waals surface area (Å²) in [4.78, 5) is 58.4. The van der Waals surface area contributed by atoms with Crippen molar-refractivity contribution in [2.45, 2.75) is 36.6 Å². The molecule has 17 heteroatoms. The summed E-state index contributed by atoms with van der Waals surface area (Å²) in [6.07, 6.45) is -10.2. The van der Waals surface area contributed by atoms with Gasteiger partial charge in [-0.1, -0.05) is 0 Å². The summed E-state index contributed by atoms with van der Waals surface area (Å²) >= 11 is 0. The van der Waals surface area contributed by atoms with Crippen LogP contribution in [0.25, 0.3) is 0 Å². The molecule has 2 aliphatic rings. The van der Waals surface area contributed by atoms with Crippen molar-refractivity contribution in [3.05, 3.63) is 40.5 Å². The second kappa shape index (κ2) is 5.87. The second-order valence-electron chi connectivity index (χ2n) is 4.24. The number of fused-ring (bicyclic) bond motifs is 1. The monoisotopic (exact) mass is 342 g/mol. The van der Waals surface area contributed by atoms with E-state index < -0.39 is 57.0 Å². The third-order valence-electron chi connectivity index (χ3n) is 3.01. The molecule has 0 spiro atoms. The maximum atomic E-state index is 10.5. The Morgan fingerprint density at radius 3 is 1.09 bits per heavy atom. The van der Waals surface area contributed by atoms with Crippen molar-refractivity contribution in [1.82, 2.24) is 0 Å². The van der Waals surface area contributed by atoms with Gasteiger partial charge in [-0.15, -0.1) is 40.5 Å². The van der Waals surface area contributed by atoms with E-state index in [1.165, 1.54) is 0 Å². The van der Waals surface area contributed by atoms with Gasteiger partial charge >= 0.3 is 0 Å². The molecular formula is C6H6N4O13. The Balaban J connectivity index is 2.31. The summed E-state index contributed by atoms with van der Waals surface area (Å²) in [5.41, 5.74) is 0. The molecule has 0 bridgehead atoms. The van der Waals surface area contributed by atoms with Gasteiger partial charge in [-0.05, 0) is 0 Å². The third kappa shape index (κ3) is 3.51. The summed E-state index contributed by atoms with van der Waals surface area (Å²) in [7, 11) is 0. The lowest BCUT2D eigenvalue weighted by Crippen LogP contribution is -2.59. The van der Waals surface area contributed by atoms with Crippen LogP contribution in [0.5, 0.6) is 0 Å². The standard InChI is InChI=1S/C6H6N4O13/c11-7(12)20-3-1-2(19-1)4(21-8(13)14)6(23-10(17)18)5(3)22-9(15)16/h1-6H. The largest absolute Gasteiger partial charge is 0.365 e. The van der Waals surface area contributed by atoms with Crippen molar-refractivity contribution < 1.29 is 44.4 Å². The number of ether oxygens (including phenoxy) is 1. The molecule has 2 rings (SSSR count). The summed E-state index contributed by atoms with van der Waals surface area (Å²) in [6, 6.07) is 0. The second-order valence-corrected chi connectivity index (χ2v) is 4.24. The van der Waals surface area contributed by atoms with Crippen molar-refractivity contribution in [2.24, 2.45) is 0 Å². The zero-order chi connectivity index (χ0) is 17.3. The normalized spacial score (nSPS) is 34.4. The van der Waals surface area contributed by atoms with Crippen LogP contribution in [0.15, 0.2) is 0 Å². The average molecular weight is 342 g/mol. The van der Waals surface area contributed by atoms with E-state index >= 15 is 0 Å². The Morgan fingerprint density at radius 1 is 0.565 bits per heavy atom. The Kier molecular flexibility index (Phi) is 4.12. The van der Waals surface area contributed by atoms with Crippen LogP contribution in [0.2, 0.25) is 0 Å². The fourth-order valence-corrected chi connectivity index (χ4v) is 2.29. The molecule has 1 saturated heterocycles. The van der Waals surface area contributed by atoms with Crippen LogP contribution in [0.4, 0.5) is 0 Å². The molecule has 0 radical (unpaired) electrons. The lowest BCUT2D eigenvalue weighted by Gasteiger charge is -2.34. The zero-order valence-corrected chi connectivity index (χ0v) is 10.6. The van der Waals surface area contributed by atoms with Gasteiger partial charge in [0.15, 0.2) is 24.4 Å². The van der Waals surface area contributed by atoms with Gasteiger partial charge in [0, 0.05) is 0 Å². The van der Waals surface area contributed by atoms with Crippen molar-refractivity contribution >= 4 is 0 Å². The molecule has 0 aromatic carbocycles. The van der Waals surface area contributed by atoms with E-state index in [9.17, 15) is 40.5 Å². The van der Waals surface area contributed by atoms with Crippen LogP contribution in [-0.2, 0) is 24.1 Å². The van der Waals surface area contributed by atoms with Crippen molar-refractivity contribution in [2.75, 3.05) is 0 Å². The van der Waals surface area contributed by atoms with Crippen LogP contribution in [0.3, 0.4) is 0 Å². The van der Waals surface area contributed by atoms with Gasteiger partial charge < -0.3 is 24.1 Å². The van der Waals surface area contributed by atoms with Crippen LogP contribution in [-0.4, -0.2) is 57.0 Å². The molecule has 0 aromatic heterocycles. The number of hydrogen-bond acceptors (Lipinski definition) is 13. The predicted molar refractivity (Wildman–Crippen MR) is 56.1 cm³/mol. The molecule has 1 heterocycles. The van der Waals surface area contributed by atoms with Crippen molar-refractivity contribution in [3.8, 4) is 0 Å². The summed E-state index contributed by atoms with van der Waals surface area (Å²) in [5.74, 6) is 0. The van der Waals surface area contributed by atoms with Gasteiger partial charge in [-0.25, -0.2) is 0 Å². The maximum absolute atomic E-state index is 10.5. The van der Waals surface area contributed by atoms with E-state index in [4.69, 9.17) is 4.74 Å². The molecule has 1 saturated carbocycles. The van der Waals surface area contributed by atoms with Gasteiger partial charge in [-0.3, -0.25) is 0 Å². The van der Waals surface area contributed by atoms with Gasteiger partial charge in [0.05, 0.1) is 0 Å². The fraction of sp³-hybridized carbons (Fsp3) is 1.00. The maximum Gasteiger partial charge on any atom is 0.294 e. The molecule has 1 aliphatic carbocycles. The summed E-state index contributed by atoms with van der Waals surface area (Å²) < 4.78 is 4.86. The summed E-state index contributed by atoms with van der Waals surface area (Å²) in [6.45, 7) is 0. The number of epoxide rings is 1. The zero-order valence-electron chi connectivity index (χ0n) is 10.6. The molecule has 0 aromatic rings. The topological polar surface area (TPSA) is 222 Å². The average Bonchev–Trinajstić information content (AvgIpc) is 3.16. The minimum absolute atomic E-state index is 1.23. The van der Waals surface area contributed by atoms with Gasteiger partial charge in [-0.2, -0.15) is 0 Å². The first-order chi connectivity index (χ1) is 10.7. The smallest absolute Gasteiger partial charge is 0.294 e. The number of hydrogen-bond donors (Lipinski definition) is 0. The molecule has 128 valence electrons. The van der Waals surface area contributed by atoms with Crippen molar-refractivity contribution in [1.29, 1.82) is 0 Å². The Labute approximate surface area is 123 Å². The number of rotatable bonds is 8. The van der Waals surface area contributed by atoms with E-state index in [1.807, 2.05) is 0 Å². The lowest BCUT2D eigenvalue weighted by molar-refractivity contribution is -0.829. The molecule has 0 amide bonds. The molecule has 23 heavy (non-hydrogen) atoms. The lowest BCUT2D eigenvalue weighted by atomic mass is 9.89. The van der Waals surface area contributed by atoms with Crippen molar-refractivity contribution in [3.63, 3.8) is 0 Å². The number of nitrogens with zero attached hydrogens (tertiary/aromatic N) is 4. The minimum Gasteiger partial charge on any atom is -0.365 e. The van der Waals surface area contributed by atoms with E-state index in [0.29, 0.717) is 0 Å². The van der Waals surface area contributed by atoms with E-state index in [2.05, 4.69) is 19.4 Å². The van der Waals surface area contributed by atoms with Gasteiger partial charge in [0.25, 0.3) is 20.3 Å². The highest BCUT2D eigenvalue weighted by Crippen LogP contribution is 2.42. The molecule has 6 unspecified atom stereocenters. The van der Waals surface area contributed by atoms with Crippen LogP contribution in [0.1, 0.15) is 0 Å². The molecule has 17 nitrogen and oxygen atoms in total. The van der Waals surface area contributed by atoms with Crippen LogP contribution in [0, 0.1) is 40.5 Å². The first-order valence-electron chi connectivity index (χ1n) is 5.61. The van der Waals surface area contributed by atoms with Crippen LogP contribution < -0.4 is 0 Å². The Hall–Kier alpha value is -3.24. The van der Waals surface area contributed by atoms with E-state index in [1.54, 1.807) is 0 Å². The molecular weight excluding hydrogens is 336 g/mol. The quantitative estimate of drug-likeness (QED) is 0.266. The first kappa shape index (κ1) is 16.1. The van der Waals surface area contributed by atoms with Gasteiger partial charge in [0.2, 0.25) is 0 Å². The SMILES string of the molecule is O=[N+]([O-])OC1C2OC2C(O[N+](=O)[O-])C(O[N+](=O)[O-])C1O[N+](=O)[O-]. The Morgan fingerprint density at radius 2 is 0.826 bits per heavy atom. The minimum atomic E-state index is -2.07. The highest BCUT2D eigenvalue weighted by atomic mass is 17.0. The molecule has 1 aliphatic heterocycles.